The van der Waals surface area contributed by atoms with Gasteiger partial charge in [-0.2, -0.15) is 0 Å². The van der Waals surface area contributed by atoms with Gasteiger partial charge in [-0.1, -0.05) is 46.4 Å². The van der Waals surface area contributed by atoms with Crippen molar-refractivity contribution >= 4 is 103 Å². The second-order valence-corrected chi connectivity index (χ2v) is 8.23. The van der Waals surface area contributed by atoms with E-state index in [4.69, 9.17) is 62.7 Å². The third kappa shape index (κ3) is 6.01. The van der Waals surface area contributed by atoms with Crippen molar-refractivity contribution in [1.29, 1.82) is 0 Å². The summed E-state index contributed by atoms with van der Waals surface area (Å²) in [7, 11) is -3.75. The molecule has 2 aromatic carbocycles. The van der Waals surface area contributed by atoms with Gasteiger partial charge in [-0.05, 0) is 24.3 Å². The van der Waals surface area contributed by atoms with Gasteiger partial charge >= 0.3 is 0 Å². The minimum Gasteiger partial charge on any atom is -0.454 e. The molecule has 0 bridgehead atoms. The Labute approximate surface area is 186 Å². The monoisotopic (exact) mass is 456 g/mol. The Balaban J connectivity index is 0.00000288. The summed E-state index contributed by atoms with van der Waals surface area (Å²) in [6.07, 6.45) is 0. The van der Waals surface area contributed by atoms with E-state index in [1.807, 2.05) is 0 Å². The first kappa shape index (κ1) is 22.5. The van der Waals surface area contributed by atoms with Crippen LogP contribution in [0.3, 0.4) is 0 Å². The zero-order valence-electron chi connectivity index (χ0n) is 12.1. The van der Waals surface area contributed by atoms with Crippen LogP contribution >= 0.6 is 58.0 Å². The van der Waals surface area contributed by atoms with Crippen LogP contribution in [0.2, 0.25) is 20.1 Å². The molecule has 0 aliphatic heterocycles. The Bertz CT molecular complexity index is 848. The number of alkyl halides is 1. The van der Waals surface area contributed by atoms with Crippen molar-refractivity contribution in [2.45, 2.75) is 0 Å². The number of hydrogen-bond donors (Lipinski definition) is 1. The first-order valence-corrected chi connectivity index (χ1v) is 9.60. The second kappa shape index (κ2) is 9.40. The van der Waals surface area contributed by atoms with E-state index >= 15 is 0 Å². The van der Waals surface area contributed by atoms with Gasteiger partial charge < -0.3 is 4.74 Å². The summed E-state index contributed by atoms with van der Waals surface area (Å²) in [6, 6.07) is 7.27. The Kier molecular flexibility index (Phi) is 8.80. The fourth-order valence-corrected chi connectivity index (χ4v) is 3.04. The smallest absolute Gasteiger partial charge is 0.246 e. The number of ether oxygens (including phenoxy) is 1. The number of hydrogen-bond acceptors (Lipinski definition) is 3. The van der Waals surface area contributed by atoms with Gasteiger partial charge in [0, 0.05) is 40.6 Å². The number of halogens is 5. The Morgan fingerprint density at radius 2 is 1.54 bits per heavy atom. The summed E-state index contributed by atoms with van der Waals surface area (Å²) < 4.78 is 31.2. The van der Waals surface area contributed by atoms with Crippen LogP contribution in [0.25, 0.3) is 0 Å². The third-order valence-corrected chi connectivity index (χ3v) is 5.48. The van der Waals surface area contributed by atoms with Gasteiger partial charge in [-0.3, -0.25) is 4.72 Å². The fourth-order valence-electron chi connectivity index (χ4n) is 1.56. The molecule has 0 aliphatic rings. The van der Waals surface area contributed by atoms with Gasteiger partial charge in [-0.15, -0.1) is 11.6 Å². The molecule has 2 rings (SSSR count). The van der Waals surface area contributed by atoms with Crippen LogP contribution in [0.15, 0.2) is 30.3 Å². The van der Waals surface area contributed by atoms with Gasteiger partial charge in [0.25, 0.3) is 0 Å². The van der Waals surface area contributed by atoms with Crippen molar-refractivity contribution in [2.24, 2.45) is 0 Å². The average Bonchev–Trinajstić information content (AvgIpc) is 2.46. The summed E-state index contributed by atoms with van der Waals surface area (Å²) in [4.78, 5) is 0. The maximum absolute atomic E-state index is 11.7. The van der Waals surface area contributed by atoms with E-state index < -0.39 is 15.2 Å². The van der Waals surface area contributed by atoms with Gasteiger partial charge in [-0.25, -0.2) is 8.42 Å². The molecule has 0 heterocycles. The molecule has 2 aromatic rings. The van der Waals surface area contributed by atoms with E-state index in [1.165, 1.54) is 24.3 Å². The van der Waals surface area contributed by atoms with Crippen LogP contribution in [0.5, 0.6) is 11.5 Å². The van der Waals surface area contributed by atoms with Crippen LogP contribution in [0.1, 0.15) is 0 Å². The number of sulfonamides is 1. The molecule has 0 aromatic heterocycles. The average molecular weight is 459 g/mol. The number of rotatable bonds is 5. The molecule has 0 spiro atoms. The Morgan fingerprint density at radius 1 is 0.917 bits per heavy atom. The molecular formula is C13H8Cl5NNaO3S. The molecule has 4 nitrogen and oxygen atoms in total. The minimum atomic E-state index is -3.75. The predicted octanol–water partition coefficient (Wildman–Crippen LogP) is 5.65. The van der Waals surface area contributed by atoms with E-state index in [0.717, 1.165) is 0 Å². The zero-order valence-corrected chi connectivity index (χ0v) is 18.7. The van der Waals surface area contributed by atoms with E-state index in [0.29, 0.717) is 5.02 Å². The summed E-state index contributed by atoms with van der Waals surface area (Å²) in [5, 5.41) is 0.373. The topological polar surface area (TPSA) is 55.4 Å². The summed E-state index contributed by atoms with van der Waals surface area (Å²) in [5.41, 5.74) is 0.0751. The standard InChI is InChI=1S/C13H8Cl5NO3S.Na/c14-6-23(20,21)19-11-4-8(16)9(17)5-13(11)22-12-2-1-7(15)3-10(12)18;/h1-5,19H,6H2;. The molecule has 1 N–H and O–H groups in total. The quantitative estimate of drug-likeness (QED) is 0.465. The van der Waals surface area contributed by atoms with E-state index in [9.17, 15) is 8.42 Å². The van der Waals surface area contributed by atoms with Crippen LogP contribution in [-0.2, 0) is 10.0 Å². The molecule has 125 valence electrons. The third-order valence-electron chi connectivity index (χ3n) is 2.55. The molecule has 1 radical (unpaired) electrons. The largest absolute Gasteiger partial charge is 0.454 e. The minimum absolute atomic E-state index is 0. The molecule has 0 saturated carbocycles. The summed E-state index contributed by atoms with van der Waals surface area (Å²) >= 11 is 29.1. The Hall–Kier alpha value is 0.440. The van der Waals surface area contributed by atoms with Crippen LogP contribution in [-0.4, -0.2) is 43.2 Å². The zero-order chi connectivity index (χ0) is 17.2. The maximum atomic E-state index is 11.7. The van der Waals surface area contributed by atoms with Gasteiger partial charge in [0.05, 0.1) is 20.8 Å². The van der Waals surface area contributed by atoms with Crippen molar-refractivity contribution in [1.82, 2.24) is 0 Å². The number of anilines is 1. The molecule has 0 atom stereocenters. The molecule has 0 amide bonds. The SMILES string of the molecule is O=S(=O)(CCl)Nc1cc(Cl)c(Cl)cc1Oc1ccc(Cl)cc1Cl.[Na]. The van der Waals surface area contributed by atoms with Gasteiger partial charge in [0.1, 0.15) is 11.0 Å². The van der Waals surface area contributed by atoms with Crippen molar-refractivity contribution in [3.63, 3.8) is 0 Å². The number of benzene rings is 2. The fraction of sp³-hybridized carbons (Fsp3) is 0.0769. The summed E-state index contributed by atoms with van der Waals surface area (Å²) in [6.45, 7) is 0. The van der Waals surface area contributed by atoms with E-state index in [2.05, 4.69) is 4.72 Å². The van der Waals surface area contributed by atoms with Crippen LogP contribution < -0.4 is 9.46 Å². The molecule has 0 aliphatic carbocycles. The number of nitrogens with one attached hydrogen (secondary N) is 1. The van der Waals surface area contributed by atoms with Crippen LogP contribution in [0.4, 0.5) is 5.69 Å². The van der Waals surface area contributed by atoms with Crippen molar-refractivity contribution in [3.8, 4) is 11.5 Å². The molecule has 24 heavy (non-hydrogen) atoms. The maximum Gasteiger partial charge on any atom is 0.246 e. The van der Waals surface area contributed by atoms with Gasteiger partial charge in [0.15, 0.2) is 5.75 Å². The van der Waals surface area contributed by atoms with Crippen molar-refractivity contribution in [3.05, 3.63) is 50.4 Å². The second-order valence-electron chi connectivity index (χ2n) is 4.27. The van der Waals surface area contributed by atoms with Crippen molar-refractivity contribution in [2.75, 3.05) is 9.93 Å². The van der Waals surface area contributed by atoms with Crippen LogP contribution in [0, 0.1) is 0 Å². The first-order chi connectivity index (χ1) is 10.7. The van der Waals surface area contributed by atoms with E-state index in [-0.39, 0.29) is 61.8 Å². The molecule has 0 unspecified atom stereocenters. The molecular weight excluding hydrogens is 450 g/mol. The first-order valence-electron chi connectivity index (χ1n) is 5.90. The van der Waals surface area contributed by atoms with E-state index in [1.54, 1.807) is 6.07 Å². The normalized spacial score (nSPS) is 10.9. The molecule has 0 fully saturated rings. The van der Waals surface area contributed by atoms with Crippen molar-refractivity contribution < 1.29 is 13.2 Å². The Morgan fingerprint density at radius 3 is 2.12 bits per heavy atom. The van der Waals surface area contributed by atoms with Gasteiger partial charge in [0.2, 0.25) is 10.0 Å². The predicted molar refractivity (Wildman–Crippen MR) is 102 cm³/mol. The molecule has 0 saturated heterocycles. The summed E-state index contributed by atoms with van der Waals surface area (Å²) in [5.74, 6) is 0.373. The molecule has 11 heteroatoms.